The van der Waals surface area contributed by atoms with Crippen LogP contribution >= 0.6 is 0 Å². The van der Waals surface area contributed by atoms with E-state index in [0.29, 0.717) is 5.56 Å². The highest BCUT2D eigenvalue weighted by Crippen LogP contribution is 2.43. The van der Waals surface area contributed by atoms with Gasteiger partial charge in [0.25, 0.3) is 5.91 Å². The van der Waals surface area contributed by atoms with Gasteiger partial charge in [0.15, 0.2) is 5.54 Å². The third-order valence-electron chi connectivity index (χ3n) is 6.35. The first-order valence-corrected chi connectivity index (χ1v) is 12.1. The van der Waals surface area contributed by atoms with Crippen LogP contribution < -0.4 is 5.32 Å². The Morgan fingerprint density at radius 1 is 1.06 bits per heavy atom. The molecule has 0 radical (unpaired) electrons. The van der Waals surface area contributed by atoms with Gasteiger partial charge in [-0.1, -0.05) is 74.5 Å². The fourth-order valence-corrected chi connectivity index (χ4v) is 4.50. The number of aliphatic hydroxyl groups is 1. The van der Waals surface area contributed by atoms with Crippen LogP contribution in [0.3, 0.4) is 0 Å². The number of alkyl carbamates (subject to hydrolysis) is 1. The summed E-state index contributed by atoms with van der Waals surface area (Å²) in [4.78, 5) is 41.3. The van der Waals surface area contributed by atoms with Crippen LogP contribution in [0.4, 0.5) is 4.79 Å². The van der Waals surface area contributed by atoms with E-state index < -0.39 is 40.8 Å². The van der Waals surface area contributed by atoms with Gasteiger partial charge in [0, 0.05) is 0 Å². The van der Waals surface area contributed by atoms with E-state index in [1.165, 1.54) is 11.8 Å². The Kier molecular flexibility index (Phi) is 7.79. The number of rotatable bonds is 7. The van der Waals surface area contributed by atoms with Crippen molar-refractivity contribution in [2.45, 2.75) is 70.9 Å². The standard InChI is InChI=1S/C28H36N2O6/c1-19(2)22(23(31)35-17-20-13-9-7-10-14-20)30-18-28(34,21-15-11-8-12-16-21)27(6,24(30)32)29-25(33)36-26(3,4)5/h7-16,19,22,34H,17-18H2,1-6H3,(H,29,33)/t22-,27+,28+/m0/s1. The van der Waals surface area contributed by atoms with Crippen LogP contribution in [0.15, 0.2) is 60.7 Å². The van der Waals surface area contributed by atoms with E-state index in [4.69, 9.17) is 9.47 Å². The average Bonchev–Trinajstić information content (AvgIpc) is 2.99. The summed E-state index contributed by atoms with van der Waals surface area (Å²) in [5.41, 5.74) is -3.20. The van der Waals surface area contributed by atoms with Crippen molar-refractivity contribution in [3.8, 4) is 0 Å². The first kappa shape index (κ1) is 27.2. The molecule has 3 atom stereocenters. The second kappa shape index (κ2) is 10.3. The summed E-state index contributed by atoms with van der Waals surface area (Å²) in [7, 11) is 0. The highest BCUT2D eigenvalue weighted by Gasteiger charge is 2.64. The van der Waals surface area contributed by atoms with Crippen LogP contribution in [-0.4, -0.2) is 51.7 Å². The van der Waals surface area contributed by atoms with Crippen molar-refractivity contribution in [1.82, 2.24) is 10.2 Å². The molecule has 8 heteroatoms. The van der Waals surface area contributed by atoms with Crippen LogP contribution in [0, 0.1) is 5.92 Å². The molecular weight excluding hydrogens is 460 g/mol. The van der Waals surface area contributed by atoms with Crippen molar-refractivity contribution in [2.24, 2.45) is 5.92 Å². The summed E-state index contributed by atoms with van der Waals surface area (Å²) < 4.78 is 11.0. The number of likely N-dealkylation sites (tertiary alicyclic amines) is 1. The van der Waals surface area contributed by atoms with E-state index in [1.807, 2.05) is 30.3 Å². The molecule has 2 N–H and O–H groups in total. The SMILES string of the molecule is CC(C)[C@@H](C(=O)OCc1ccccc1)N1C[C@@](O)(c2ccccc2)[C@](C)(NC(=O)OC(C)(C)C)C1=O. The predicted octanol–water partition coefficient (Wildman–Crippen LogP) is 3.77. The minimum Gasteiger partial charge on any atom is -0.459 e. The van der Waals surface area contributed by atoms with Crippen molar-refractivity contribution in [3.05, 3.63) is 71.8 Å². The molecule has 1 fully saturated rings. The molecule has 2 aromatic carbocycles. The quantitative estimate of drug-likeness (QED) is 0.566. The van der Waals surface area contributed by atoms with Gasteiger partial charge in [0.05, 0.1) is 6.54 Å². The van der Waals surface area contributed by atoms with E-state index in [-0.39, 0.29) is 19.1 Å². The van der Waals surface area contributed by atoms with Crippen molar-refractivity contribution < 1.29 is 29.0 Å². The molecule has 2 amide bonds. The van der Waals surface area contributed by atoms with E-state index in [2.05, 4.69) is 5.32 Å². The number of ether oxygens (including phenoxy) is 2. The zero-order valence-electron chi connectivity index (χ0n) is 21.8. The highest BCUT2D eigenvalue weighted by molar-refractivity contribution is 5.96. The Labute approximate surface area is 212 Å². The topological polar surface area (TPSA) is 105 Å². The lowest BCUT2D eigenvalue weighted by molar-refractivity contribution is -0.157. The molecule has 0 unspecified atom stereocenters. The van der Waals surface area contributed by atoms with Crippen LogP contribution in [0.2, 0.25) is 0 Å². The number of nitrogens with one attached hydrogen (secondary N) is 1. The number of benzene rings is 2. The lowest BCUT2D eigenvalue weighted by Crippen LogP contribution is -2.63. The van der Waals surface area contributed by atoms with Gasteiger partial charge in [0.1, 0.15) is 23.9 Å². The first-order chi connectivity index (χ1) is 16.8. The van der Waals surface area contributed by atoms with Crippen molar-refractivity contribution in [1.29, 1.82) is 0 Å². The molecule has 3 rings (SSSR count). The number of β-amino-alcohol motifs (C(OH)–C–C–N with tert-alkyl or cyclic N) is 1. The van der Waals surface area contributed by atoms with Crippen LogP contribution in [-0.2, 0) is 31.3 Å². The summed E-state index contributed by atoms with van der Waals surface area (Å²) in [5, 5.41) is 14.6. The molecular formula is C28H36N2O6. The zero-order valence-corrected chi connectivity index (χ0v) is 21.8. The predicted molar refractivity (Wildman–Crippen MR) is 135 cm³/mol. The Hall–Kier alpha value is -3.39. The fraction of sp³-hybridized carbons (Fsp3) is 0.464. The second-order valence-corrected chi connectivity index (χ2v) is 10.7. The zero-order chi connectivity index (χ0) is 26.7. The minimum atomic E-state index is -1.84. The number of amides is 2. The number of nitrogens with zero attached hydrogens (tertiary/aromatic N) is 1. The van der Waals surface area contributed by atoms with E-state index in [9.17, 15) is 19.5 Å². The van der Waals surface area contributed by atoms with Gasteiger partial charge < -0.3 is 24.8 Å². The van der Waals surface area contributed by atoms with E-state index in [1.54, 1.807) is 65.0 Å². The molecule has 2 aromatic rings. The molecule has 0 spiro atoms. The molecule has 1 saturated heterocycles. The van der Waals surface area contributed by atoms with Crippen LogP contribution in [0.25, 0.3) is 0 Å². The number of carbonyl (C=O) groups is 3. The normalized spacial score (nSPS) is 22.9. The molecule has 0 saturated carbocycles. The fourth-order valence-electron chi connectivity index (χ4n) is 4.50. The summed E-state index contributed by atoms with van der Waals surface area (Å²) in [6, 6.07) is 16.9. The average molecular weight is 497 g/mol. The maximum atomic E-state index is 13.9. The Morgan fingerprint density at radius 2 is 1.61 bits per heavy atom. The number of hydrogen-bond acceptors (Lipinski definition) is 6. The molecule has 0 aromatic heterocycles. The molecule has 36 heavy (non-hydrogen) atoms. The Bertz CT molecular complexity index is 1080. The monoisotopic (exact) mass is 496 g/mol. The lowest BCUT2D eigenvalue weighted by atomic mass is 9.78. The number of esters is 1. The maximum absolute atomic E-state index is 13.9. The Balaban J connectivity index is 1.96. The largest absolute Gasteiger partial charge is 0.459 e. The summed E-state index contributed by atoms with van der Waals surface area (Å²) in [5.74, 6) is -1.50. The van der Waals surface area contributed by atoms with Crippen LogP contribution in [0.1, 0.15) is 52.7 Å². The van der Waals surface area contributed by atoms with Crippen molar-refractivity contribution >= 4 is 18.0 Å². The summed E-state index contributed by atoms with van der Waals surface area (Å²) >= 11 is 0. The molecule has 8 nitrogen and oxygen atoms in total. The first-order valence-electron chi connectivity index (χ1n) is 12.1. The minimum absolute atomic E-state index is 0.0568. The van der Waals surface area contributed by atoms with Gasteiger partial charge in [-0.3, -0.25) is 4.79 Å². The van der Waals surface area contributed by atoms with Crippen LogP contribution in [0.5, 0.6) is 0 Å². The van der Waals surface area contributed by atoms with Gasteiger partial charge in [-0.05, 0) is 44.7 Å². The summed E-state index contributed by atoms with van der Waals surface area (Å²) in [6.45, 7) is 10.0. The molecule has 1 aliphatic rings. The maximum Gasteiger partial charge on any atom is 0.408 e. The van der Waals surface area contributed by atoms with Gasteiger partial charge in [-0.15, -0.1) is 0 Å². The third kappa shape index (κ3) is 5.54. The molecule has 0 aliphatic carbocycles. The lowest BCUT2D eigenvalue weighted by Gasteiger charge is -2.37. The van der Waals surface area contributed by atoms with E-state index in [0.717, 1.165) is 5.56 Å². The third-order valence-corrected chi connectivity index (χ3v) is 6.35. The smallest absolute Gasteiger partial charge is 0.408 e. The summed E-state index contributed by atoms with van der Waals surface area (Å²) in [6.07, 6.45) is -0.845. The molecule has 194 valence electrons. The molecule has 0 bridgehead atoms. The van der Waals surface area contributed by atoms with Crippen molar-refractivity contribution in [3.63, 3.8) is 0 Å². The van der Waals surface area contributed by atoms with Gasteiger partial charge in [-0.2, -0.15) is 0 Å². The number of hydrogen-bond donors (Lipinski definition) is 2. The molecule has 1 aliphatic heterocycles. The van der Waals surface area contributed by atoms with Gasteiger partial charge >= 0.3 is 12.1 Å². The van der Waals surface area contributed by atoms with Crippen molar-refractivity contribution in [2.75, 3.05) is 6.54 Å². The van der Waals surface area contributed by atoms with Gasteiger partial charge in [0.2, 0.25) is 0 Å². The Morgan fingerprint density at radius 3 is 2.14 bits per heavy atom. The van der Waals surface area contributed by atoms with Gasteiger partial charge in [-0.25, -0.2) is 9.59 Å². The highest BCUT2D eigenvalue weighted by atomic mass is 16.6. The van der Waals surface area contributed by atoms with E-state index >= 15 is 0 Å². The second-order valence-electron chi connectivity index (χ2n) is 10.7. The number of carbonyl (C=O) groups excluding carboxylic acids is 3. The molecule has 1 heterocycles.